The van der Waals surface area contributed by atoms with Crippen molar-refractivity contribution in [2.45, 2.75) is 19.5 Å². The Bertz CT molecular complexity index is 435. The molecule has 0 aliphatic rings. The second-order valence-corrected chi connectivity index (χ2v) is 4.83. The average Bonchev–Trinajstić information content (AvgIpc) is 2.77. The first-order valence-electron chi connectivity index (χ1n) is 5.33. The number of carboxylic acids is 1. The van der Waals surface area contributed by atoms with Crippen LogP contribution in [0.5, 0.6) is 0 Å². The normalized spacial score (nSPS) is 12.2. The molecular formula is C10H16N4O3S. The Balaban J connectivity index is 2.60. The van der Waals surface area contributed by atoms with Gasteiger partial charge in [0.1, 0.15) is 6.54 Å². The van der Waals surface area contributed by atoms with Gasteiger partial charge < -0.3 is 10.0 Å². The quantitative estimate of drug-likeness (QED) is 0.795. The van der Waals surface area contributed by atoms with Gasteiger partial charge in [0.2, 0.25) is 5.91 Å². The maximum Gasteiger partial charge on any atom is 0.358 e. The van der Waals surface area contributed by atoms with Crippen molar-refractivity contribution >= 4 is 23.6 Å². The molecule has 0 radical (unpaired) electrons. The monoisotopic (exact) mass is 272 g/mol. The zero-order chi connectivity index (χ0) is 13.7. The van der Waals surface area contributed by atoms with Crippen LogP contribution in [0.2, 0.25) is 0 Å². The van der Waals surface area contributed by atoms with Crippen molar-refractivity contribution in [2.24, 2.45) is 0 Å². The summed E-state index contributed by atoms with van der Waals surface area (Å²) in [6.07, 6.45) is 3.22. The number of carbonyl (C=O) groups is 2. The lowest BCUT2D eigenvalue weighted by molar-refractivity contribution is -0.132. The van der Waals surface area contributed by atoms with Gasteiger partial charge in [0.05, 0.1) is 6.20 Å². The lowest BCUT2D eigenvalue weighted by Gasteiger charge is -2.24. The molecule has 1 aromatic heterocycles. The molecule has 0 aliphatic carbocycles. The molecule has 1 rings (SSSR count). The largest absolute Gasteiger partial charge is 0.476 e. The van der Waals surface area contributed by atoms with E-state index in [-0.39, 0.29) is 24.2 Å². The molecule has 1 atom stereocenters. The summed E-state index contributed by atoms with van der Waals surface area (Å²) in [5, 5.41) is 15.7. The molecule has 0 fully saturated rings. The van der Waals surface area contributed by atoms with E-state index < -0.39 is 5.97 Å². The maximum atomic E-state index is 11.9. The van der Waals surface area contributed by atoms with Gasteiger partial charge in [-0.05, 0) is 13.2 Å². The second-order valence-electron chi connectivity index (χ2n) is 3.92. The van der Waals surface area contributed by atoms with Crippen molar-refractivity contribution in [3.63, 3.8) is 0 Å². The van der Waals surface area contributed by atoms with Crippen LogP contribution in [0.25, 0.3) is 0 Å². The third-order valence-corrected chi connectivity index (χ3v) is 3.33. The van der Waals surface area contributed by atoms with E-state index in [2.05, 4.69) is 10.3 Å². The molecule has 0 aromatic carbocycles. The van der Waals surface area contributed by atoms with Crippen LogP contribution in [0.1, 0.15) is 17.4 Å². The highest BCUT2D eigenvalue weighted by atomic mass is 32.2. The molecule has 0 spiro atoms. The number of aromatic nitrogens is 3. The highest BCUT2D eigenvalue weighted by Crippen LogP contribution is 2.05. The van der Waals surface area contributed by atoms with E-state index in [1.54, 1.807) is 23.7 Å². The summed E-state index contributed by atoms with van der Waals surface area (Å²) in [7, 11) is 1.72. The fraction of sp³-hybridized carbons (Fsp3) is 0.600. The molecule has 0 aliphatic heterocycles. The van der Waals surface area contributed by atoms with E-state index in [4.69, 9.17) is 5.11 Å². The highest BCUT2D eigenvalue weighted by molar-refractivity contribution is 7.98. The van der Waals surface area contributed by atoms with Crippen LogP contribution >= 0.6 is 11.8 Å². The van der Waals surface area contributed by atoms with E-state index in [1.807, 2.05) is 13.2 Å². The Morgan fingerprint density at radius 1 is 1.61 bits per heavy atom. The topological polar surface area (TPSA) is 88.3 Å². The molecule has 1 heterocycles. The van der Waals surface area contributed by atoms with E-state index in [1.165, 1.54) is 10.9 Å². The fourth-order valence-electron chi connectivity index (χ4n) is 1.32. The summed E-state index contributed by atoms with van der Waals surface area (Å²) in [6.45, 7) is 1.95. The number of rotatable bonds is 6. The standard InChI is InChI=1S/C10H16N4O3S/c1-7(6-18-3)13(2)9(15)5-14-4-8(10(16)17)11-12-14/h4,7H,5-6H2,1-3H3,(H,16,17). The van der Waals surface area contributed by atoms with Crippen LogP contribution in [0.15, 0.2) is 6.20 Å². The molecule has 18 heavy (non-hydrogen) atoms. The number of likely N-dealkylation sites (N-methyl/N-ethyl adjacent to an activating group) is 1. The zero-order valence-corrected chi connectivity index (χ0v) is 11.3. The molecule has 1 N–H and O–H groups in total. The van der Waals surface area contributed by atoms with Crippen LogP contribution in [0.4, 0.5) is 0 Å². The third-order valence-electron chi connectivity index (χ3n) is 2.52. The molecule has 100 valence electrons. The number of hydrogen-bond donors (Lipinski definition) is 1. The Hall–Kier alpha value is -1.57. The minimum Gasteiger partial charge on any atom is -0.476 e. The van der Waals surface area contributed by atoms with Crippen molar-refractivity contribution in [3.8, 4) is 0 Å². The molecule has 1 unspecified atom stereocenters. The Morgan fingerprint density at radius 3 is 2.78 bits per heavy atom. The molecule has 7 nitrogen and oxygen atoms in total. The summed E-state index contributed by atoms with van der Waals surface area (Å²) >= 11 is 1.66. The maximum absolute atomic E-state index is 11.9. The highest BCUT2D eigenvalue weighted by Gasteiger charge is 2.17. The molecule has 1 amide bonds. The SMILES string of the molecule is CSCC(C)N(C)C(=O)Cn1cc(C(=O)O)nn1. The van der Waals surface area contributed by atoms with Gasteiger partial charge in [-0.1, -0.05) is 5.21 Å². The van der Waals surface area contributed by atoms with Crippen LogP contribution in [0, 0.1) is 0 Å². The summed E-state index contributed by atoms with van der Waals surface area (Å²) in [6, 6.07) is 0.120. The van der Waals surface area contributed by atoms with Gasteiger partial charge in [0, 0.05) is 18.8 Å². The van der Waals surface area contributed by atoms with Crippen LogP contribution in [-0.4, -0.2) is 62.0 Å². The van der Waals surface area contributed by atoms with Crippen LogP contribution < -0.4 is 0 Å². The summed E-state index contributed by atoms with van der Waals surface area (Å²) in [4.78, 5) is 24.1. The van der Waals surface area contributed by atoms with Crippen molar-refractivity contribution in [1.82, 2.24) is 19.9 Å². The molecule has 0 saturated carbocycles. The van der Waals surface area contributed by atoms with E-state index >= 15 is 0 Å². The second kappa shape index (κ2) is 6.39. The zero-order valence-electron chi connectivity index (χ0n) is 10.5. The minimum atomic E-state index is -1.15. The van der Waals surface area contributed by atoms with Gasteiger partial charge in [-0.3, -0.25) is 4.79 Å². The first-order chi connectivity index (χ1) is 8.45. The van der Waals surface area contributed by atoms with Gasteiger partial charge in [-0.25, -0.2) is 9.48 Å². The van der Waals surface area contributed by atoms with Gasteiger partial charge in [-0.15, -0.1) is 5.10 Å². The van der Waals surface area contributed by atoms with Crippen LogP contribution in [-0.2, 0) is 11.3 Å². The van der Waals surface area contributed by atoms with Crippen LogP contribution in [0.3, 0.4) is 0 Å². The summed E-state index contributed by atoms with van der Waals surface area (Å²) in [5.74, 6) is -0.434. The number of carbonyl (C=O) groups excluding carboxylic acids is 1. The Morgan fingerprint density at radius 2 is 2.28 bits per heavy atom. The van der Waals surface area contributed by atoms with Gasteiger partial charge >= 0.3 is 5.97 Å². The molecular weight excluding hydrogens is 256 g/mol. The molecule has 1 aromatic rings. The lowest BCUT2D eigenvalue weighted by Crippen LogP contribution is -2.38. The van der Waals surface area contributed by atoms with Crippen molar-refractivity contribution in [2.75, 3.05) is 19.1 Å². The average molecular weight is 272 g/mol. The fourth-order valence-corrected chi connectivity index (χ4v) is 2.03. The molecule has 0 bridgehead atoms. The number of hydrogen-bond acceptors (Lipinski definition) is 5. The summed E-state index contributed by atoms with van der Waals surface area (Å²) in [5.41, 5.74) is -0.164. The van der Waals surface area contributed by atoms with Gasteiger partial charge in [0.15, 0.2) is 5.69 Å². The Labute approximate surface area is 109 Å². The third kappa shape index (κ3) is 3.73. The van der Waals surface area contributed by atoms with Gasteiger partial charge in [0.25, 0.3) is 0 Å². The van der Waals surface area contributed by atoms with E-state index in [9.17, 15) is 9.59 Å². The smallest absolute Gasteiger partial charge is 0.358 e. The van der Waals surface area contributed by atoms with E-state index in [0.717, 1.165) is 5.75 Å². The van der Waals surface area contributed by atoms with Gasteiger partial charge in [-0.2, -0.15) is 11.8 Å². The number of carboxylic acid groups (broad SMARTS) is 1. The van der Waals surface area contributed by atoms with E-state index in [0.29, 0.717) is 0 Å². The minimum absolute atomic E-state index is 0.00446. The molecule has 0 saturated heterocycles. The number of amides is 1. The number of aromatic carboxylic acids is 1. The lowest BCUT2D eigenvalue weighted by atomic mass is 10.3. The predicted octanol–water partition coefficient (Wildman–Crippen LogP) is 0.186. The first kappa shape index (κ1) is 14.5. The Kier molecular flexibility index (Phi) is 5.14. The van der Waals surface area contributed by atoms with Crippen molar-refractivity contribution in [1.29, 1.82) is 0 Å². The number of thioether (sulfide) groups is 1. The predicted molar refractivity (Wildman–Crippen MR) is 67.6 cm³/mol. The van der Waals surface area contributed by atoms with Crippen molar-refractivity contribution in [3.05, 3.63) is 11.9 Å². The van der Waals surface area contributed by atoms with Crippen molar-refractivity contribution < 1.29 is 14.7 Å². The molecule has 8 heteroatoms. The number of nitrogens with zero attached hydrogens (tertiary/aromatic N) is 4. The summed E-state index contributed by atoms with van der Waals surface area (Å²) < 4.78 is 1.23. The first-order valence-corrected chi connectivity index (χ1v) is 6.73.